The van der Waals surface area contributed by atoms with Gasteiger partial charge in [-0.2, -0.15) is 0 Å². The van der Waals surface area contributed by atoms with E-state index >= 15 is 0 Å². The van der Waals surface area contributed by atoms with E-state index in [1.165, 1.54) is 10.5 Å². The van der Waals surface area contributed by atoms with E-state index in [0.717, 1.165) is 16.7 Å². The van der Waals surface area contributed by atoms with Crippen LogP contribution in [0.25, 0.3) is 6.08 Å². The first-order valence-corrected chi connectivity index (χ1v) is 12.2. The van der Waals surface area contributed by atoms with Gasteiger partial charge in [0, 0.05) is 4.47 Å². The summed E-state index contributed by atoms with van der Waals surface area (Å²) >= 11 is 3.57. The van der Waals surface area contributed by atoms with Crippen molar-refractivity contribution in [1.29, 1.82) is 0 Å². The van der Waals surface area contributed by atoms with Gasteiger partial charge in [-0.25, -0.2) is 4.79 Å². The van der Waals surface area contributed by atoms with Crippen LogP contribution >= 0.6 is 15.9 Å². The smallest absolute Gasteiger partial charge is 0.329 e. The predicted octanol–water partition coefficient (Wildman–Crippen LogP) is 6.14. The molecule has 3 amide bonds. The number of imide groups is 1. The summed E-state index contributed by atoms with van der Waals surface area (Å²) in [6.07, 6.45) is 1.64. The molecule has 1 aliphatic heterocycles. The van der Waals surface area contributed by atoms with Gasteiger partial charge in [0.05, 0.1) is 13.2 Å². The van der Waals surface area contributed by atoms with Crippen LogP contribution in [0.1, 0.15) is 34.7 Å². The summed E-state index contributed by atoms with van der Waals surface area (Å²) in [6.45, 7) is 6.99. The molecule has 1 aliphatic rings. The number of carbonyl (C=O) groups is 2. The second kappa shape index (κ2) is 10.8. The molecule has 1 saturated heterocycles. The minimum Gasteiger partial charge on any atom is -0.490 e. The Balaban J connectivity index is 1.54. The van der Waals surface area contributed by atoms with Gasteiger partial charge in [-0.3, -0.25) is 9.69 Å². The molecule has 4 rings (SSSR count). The van der Waals surface area contributed by atoms with E-state index in [9.17, 15) is 9.59 Å². The fraction of sp³-hybridized carbons (Fsp3) is 0.214. The highest BCUT2D eigenvalue weighted by molar-refractivity contribution is 9.10. The maximum Gasteiger partial charge on any atom is 0.329 e. The summed E-state index contributed by atoms with van der Waals surface area (Å²) < 4.78 is 12.5. The Morgan fingerprint density at radius 2 is 1.49 bits per heavy atom. The topological polar surface area (TPSA) is 67.9 Å². The first kappa shape index (κ1) is 24.5. The van der Waals surface area contributed by atoms with E-state index in [2.05, 4.69) is 21.2 Å². The molecule has 1 N–H and O–H groups in total. The summed E-state index contributed by atoms with van der Waals surface area (Å²) in [5.74, 6) is 0.771. The number of ether oxygens (including phenoxy) is 2. The number of nitrogens with zero attached hydrogens (tertiary/aromatic N) is 1. The quantitative estimate of drug-likeness (QED) is 0.278. The fourth-order valence-electron chi connectivity index (χ4n) is 3.63. The SMILES string of the molecule is CCOc1cc(/C=C2/NC(=O)N(Cc3ccc(C)cc3)C2=O)c(Br)cc1OCc1ccc(C)cc1. The Labute approximate surface area is 213 Å². The molecule has 1 fully saturated rings. The summed E-state index contributed by atoms with van der Waals surface area (Å²) in [7, 11) is 0. The Kier molecular flexibility index (Phi) is 7.56. The number of benzene rings is 3. The molecular weight excluding hydrogens is 508 g/mol. The van der Waals surface area contributed by atoms with Crippen LogP contribution < -0.4 is 14.8 Å². The maximum absolute atomic E-state index is 13.0. The van der Waals surface area contributed by atoms with Gasteiger partial charge in [0.15, 0.2) is 11.5 Å². The lowest BCUT2D eigenvalue weighted by atomic mass is 10.1. The van der Waals surface area contributed by atoms with Crippen molar-refractivity contribution in [3.05, 3.63) is 98.7 Å². The van der Waals surface area contributed by atoms with Gasteiger partial charge >= 0.3 is 6.03 Å². The van der Waals surface area contributed by atoms with Gasteiger partial charge in [-0.1, -0.05) is 75.6 Å². The third kappa shape index (κ3) is 5.92. The van der Waals surface area contributed by atoms with E-state index in [4.69, 9.17) is 9.47 Å². The van der Waals surface area contributed by atoms with E-state index in [-0.39, 0.29) is 18.1 Å². The molecule has 0 radical (unpaired) electrons. The highest BCUT2D eigenvalue weighted by atomic mass is 79.9. The third-order valence-corrected chi connectivity index (χ3v) is 6.29. The van der Waals surface area contributed by atoms with Crippen molar-refractivity contribution in [2.45, 2.75) is 33.9 Å². The van der Waals surface area contributed by atoms with Crippen molar-refractivity contribution in [2.75, 3.05) is 6.61 Å². The van der Waals surface area contributed by atoms with Crippen LogP contribution in [0, 0.1) is 13.8 Å². The molecule has 6 nitrogen and oxygen atoms in total. The van der Waals surface area contributed by atoms with Crippen LogP contribution in [0.3, 0.4) is 0 Å². The molecule has 0 unspecified atom stereocenters. The van der Waals surface area contributed by atoms with Crippen LogP contribution in [-0.4, -0.2) is 23.4 Å². The number of amides is 3. The average molecular weight is 535 g/mol. The number of rotatable bonds is 8. The van der Waals surface area contributed by atoms with Crippen molar-refractivity contribution < 1.29 is 19.1 Å². The summed E-state index contributed by atoms with van der Waals surface area (Å²) in [5.41, 5.74) is 5.14. The number of urea groups is 1. The normalized spacial score (nSPS) is 14.4. The van der Waals surface area contributed by atoms with Gasteiger partial charge in [0.1, 0.15) is 12.3 Å². The number of halogens is 1. The molecule has 0 spiro atoms. The minimum atomic E-state index is -0.443. The Hall–Kier alpha value is -3.58. The number of aryl methyl sites for hydroxylation is 2. The Bertz CT molecular complexity index is 1270. The molecule has 0 atom stereocenters. The largest absolute Gasteiger partial charge is 0.490 e. The van der Waals surface area contributed by atoms with Crippen LogP contribution in [0.5, 0.6) is 11.5 Å². The lowest BCUT2D eigenvalue weighted by Crippen LogP contribution is -2.30. The standard InChI is InChI=1S/C28H27BrN2O4/c1-4-34-25-14-22(23(29)15-26(25)35-17-21-11-7-19(3)8-12-21)13-24-27(32)31(28(33)30-24)16-20-9-5-18(2)6-10-20/h5-15H,4,16-17H2,1-3H3,(H,30,33)/b24-13+. The third-order valence-electron chi connectivity index (χ3n) is 5.60. The van der Waals surface area contributed by atoms with Gasteiger partial charge < -0.3 is 14.8 Å². The van der Waals surface area contributed by atoms with Gasteiger partial charge in [0.25, 0.3) is 5.91 Å². The zero-order valence-corrected chi connectivity index (χ0v) is 21.5. The Morgan fingerprint density at radius 1 is 0.886 bits per heavy atom. The fourth-order valence-corrected chi connectivity index (χ4v) is 4.07. The van der Waals surface area contributed by atoms with Crippen LogP contribution in [-0.2, 0) is 17.9 Å². The lowest BCUT2D eigenvalue weighted by Gasteiger charge is -2.14. The molecule has 0 aromatic heterocycles. The van der Waals surface area contributed by atoms with E-state index in [1.807, 2.05) is 75.4 Å². The molecule has 0 saturated carbocycles. The Morgan fingerprint density at radius 3 is 2.11 bits per heavy atom. The monoisotopic (exact) mass is 534 g/mol. The number of hydrogen-bond donors (Lipinski definition) is 1. The van der Waals surface area contributed by atoms with Crippen molar-refractivity contribution in [3.8, 4) is 11.5 Å². The molecular formula is C28H27BrN2O4. The first-order valence-electron chi connectivity index (χ1n) is 11.4. The van der Waals surface area contributed by atoms with E-state index < -0.39 is 6.03 Å². The van der Waals surface area contributed by atoms with Crippen molar-refractivity contribution in [2.24, 2.45) is 0 Å². The van der Waals surface area contributed by atoms with Gasteiger partial charge in [-0.15, -0.1) is 0 Å². The van der Waals surface area contributed by atoms with E-state index in [1.54, 1.807) is 12.1 Å². The molecule has 7 heteroatoms. The number of hydrogen-bond acceptors (Lipinski definition) is 4. The molecule has 0 bridgehead atoms. The molecule has 35 heavy (non-hydrogen) atoms. The average Bonchev–Trinajstić information content (AvgIpc) is 3.10. The number of nitrogens with one attached hydrogen (secondary N) is 1. The summed E-state index contributed by atoms with van der Waals surface area (Å²) in [6, 6.07) is 19.1. The van der Waals surface area contributed by atoms with Crippen molar-refractivity contribution >= 4 is 33.9 Å². The molecule has 3 aromatic carbocycles. The minimum absolute atomic E-state index is 0.207. The highest BCUT2D eigenvalue weighted by Crippen LogP contribution is 2.36. The summed E-state index contributed by atoms with van der Waals surface area (Å²) in [5, 5.41) is 2.68. The molecule has 3 aromatic rings. The van der Waals surface area contributed by atoms with Crippen LogP contribution in [0.2, 0.25) is 0 Å². The van der Waals surface area contributed by atoms with Crippen molar-refractivity contribution in [1.82, 2.24) is 10.2 Å². The maximum atomic E-state index is 13.0. The van der Waals surface area contributed by atoms with Gasteiger partial charge in [0.2, 0.25) is 0 Å². The van der Waals surface area contributed by atoms with Crippen molar-refractivity contribution in [3.63, 3.8) is 0 Å². The zero-order chi connectivity index (χ0) is 24.9. The van der Waals surface area contributed by atoms with Gasteiger partial charge in [-0.05, 0) is 55.7 Å². The van der Waals surface area contributed by atoms with Crippen LogP contribution in [0.15, 0.2) is 70.8 Å². The molecule has 1 heterocycles. The lowest BCUT2D eigenvalue weighted by molar-refractivity contribution is -0.123. The highest BCUT2D eigenvalue weighted by Gasteiger charge is 2.33. The second-order valence-corrected chi connectivity index (χ2v) is 9.25. The predicted molar refractivity (Wildman–Crippen MR) is 139 cm³/mol. The summed E-state index contributed by atoms with van der Waals surface area (Å²) in [4.78, 5) is 26.7. The molecule has 0 aliphatic carbocycles. The van der Waals surface area contributed by atoms with E-state index in [0.29, 0.717) is 34.7 Å². The first-order chi connectivity index (χ1) is 16.8. The second-order valence-electron chi connectivity index (χ2n) is 8.39. The molecule has 180 valence electrons. The number of carbonyl (C=O) groups excluding carboxylic acids is 2. The van der Waals surface area contributed by atoms with Crippen LogP contribution in [0.4, 0.5) is 4.79 Å². The zero-order valence-electron chi connectivity index (χ0n) is 19.9.